The molecule has 0 aliphatic carbocycles. The molecule has 1 fully saturated rings. The van der Waals surface area contributed by atoms with Gasteiger partial charge in [-0.1, -0.05) is 11.6 Å². The molecule has 0 amide bonds. The molecule has 0 bridgehead atoms. The quantitative estimate of drug-likeness (QED) is 0.858. The molecule has 2 rings (SSSR count). The third kappa shape index (κ3) is 2.36. The van der Waals surface area contributed by atoms with Gasteiger partial charge in [-0.15, -0.1) is 0 Å². The third-order valence-electron chi connectivity index (χ3n) is 3.08. The zero-order chi connectivity index (χ0) is 15.1. The van der Waals surface area contributed by atoms with Crippen molar-refractivity contribution in [1.29, 1.82) is 0 Å². The summed E-state index contributed by atoms with van der Waals surface area (Å²) in [7, 11) is 0. The molecule has 2 heterocycles. The van der Waals surface area contributed by atoms with Gasteiger partial charge in [0.25, 0.3) is 6.43 Å². The van der Waals surface area contributed by atoms with Crippen LogP contribution in [-0.4, -0.2) is 39.5 Å². The molecule has 0 radical (unpaired) electrons. The van der Waals surface area contributed by atoms with Gasteiger partial charge in [-0.3, -0.25) is 4.57 Å². The fourth-order valence-electron chi connectivity index (χ4n) is 1.98. The van der Waals surface area contributed by atoms with Crippen molar-refractivity contribution < 1.29 is 23.0 Å². The van der Waals surface area contributed by atoms with Crippen molar-refractivity contribution >= 4 is 17.4 Å². The second kappa shape index (κ2) is 5.23. The Morgan fingerprint density at radius 2 is 2.35 bits per heavy atom. The number of nitrogens with two attached hydrogens (primary N) is 1. The Bertz CT molecular complexity index is 570. The third-order valence-corrected chi connectivity index (χ3v) is 3.37. The van der Waals surface area contributed by atoms with Gasteiger partial charge in [0.1, 0.15) is 12.0 Å². The number of alkyl halides is 3. The van der Waals surface area contributed by atoms with Gasteiger partial charge in [0.15, 0.2) is 11.8 Å². The van der Waals surface area contributed by atoms with Crippen LogP contribution in [0.4, 0.5) is 19.0 Å². The smallest absolute Gasteiger partial charge is 0.351 e. The number of nitrogens with zero attached hydrogens (tertiary/aromatic N) is 2. The normalized spacial score (nSPS) is 30.1. The SMILES string of the molecule is Nc1nc(=O)n(C2OC(CO)(C(F)F)CC2F)cc1Cl. The van der Waals surface area contributed by atoms with Crippen molar-refractivity contribution in [3.8, 4) is 0 Å². The maximum absolute atomic E-state index is 13.9. The van der Waals surface area contributed by atoms with Crippen LogP contribution in [0.2, 0.25) is 5.02 Å². The zero-order valence-electron chi connectivity index (χ0n) is 9.97. The summed E-state index contributed by atoms with van der Waals surface area (Å²) in [6.45, 7) is -1.08. The highest BCUT2D eigenvalue weighted by Crippen LogP contribution is 2.41. The van der Waals surface area contributed by atoms with Crippen LogP contribution in [0.3, 0.4) is 0 Å². The molecular weight excluding hydrogens is 303 g/mol. The van der Waals surface area contributed by atoms with E-state index in [-0.39, 0.29) is 10.8 Å². The van der Waals surface area contributed by atoms with Crippen molar-refractivity contribution in [3.63, 3.8) is 0 Å². The van der Waals surface area contributed by atoms with E-state index in [0.717, 1.165) is 6.20 Å². The molecule has 0 saturated carbocycles. The molecule has 0 spiro atoms. The van der Waals surface area contributed by atoms with E-state index in [1.807, 2.05) is 0 Å². The summed E-state index contributed by atoms with van der Waals surface area (Å²) in [5.74, 6) is -0.261. The predicted octanol–water partition coefficient (Wildman–Crippen LogP) is 0.732. The van der Waals surface area contributed by atoms with Crippen LogP contribution in [0.5, 0.6) is 0 Å². The highest BCUT2D eigenvalue weighted by molar-refractivity contribution is 6.32. The number of rotatable bonds is 3. The maximum Gasteiger partial charge on any atom is 0.351 e. The lowest BCUT2D eigenvalue weighted by molar-refractivity contribution is -0.171. The number of ether oxygens (including phenoxy) is 1. The minimum absolute atomic E-state index is 0.140. The minimum Gasteiger partial charge on any atom is -0.393 e. The van der Waals surface area contributed by atoms with Gasteiger partial charge >= 0.3 is 5.69 Å². The van der Waals surface area contributed by atoms with Crippen LogP contribution in [0.1, 0.15) is 12.6 Å². The van der Waals surface area contributed by atoms with Crippen LogP contribution in [-0.2, 0) is 4.74 Å². The van der Waals surface area contributed by atoms with Gasteiger partial charge in [-0.2, -0.15) is 4.98 Å². The van der Waals surface area contributed by atoms with E-state index in [0.29, 0.717) is 4.57 Å². The van der Waals surface area contributed by atoms with Crippen LogP contribution >= 0.6 is 11.6 Å². The molecule has 1 aromatic heterocycles. The molecule has 0 aromatic carbocycles. The lowest BCUT2D eigenvalue weighted by Gasteiger charge is -2.25. The first kappa shape index (κ1) is 15.1. The van der Waals surface area contributed by atoms with E-state index >= 15 is 0 Å². The fraction of sp³-hybridized carbons (Fsp3) is 0.600. The molecule has 1 aliphatic rings. The molecule has 20 heavy (non-hydrogen) atoms. The summed E-state index contributed by atoms with van der Waals surface area (Å²) in [5, 5.41) is 8.88. The van der Waals surface area contributed by atoms with Gasteiger partial charge < -0.3 is 15.6 Å². The second-order valence-corrected chi connectivity index (χ2v) is 4.82. The van der Waals surface area contributed by atoms with Crippen LogP contribution in [0.25, 0.3) is 0 Å². The molecule has 6 nitrogen and oxygen atoms in total. The second-order valence-electron chi connectivity index (χ2n) is 4.42. The first-order chi connectivity index (χ1) is 9.30. The summed E-state index contributed by atoms with van der Waals surface area (Å²) in [6.07, 6.45) is -6.46. The Labute approximate surface area is 115 Å². The number of aromatic nitrogens is 2. The Kier molecular flexibility index (Phi) is 3.94. The first-order valence-corrected chi connectivity index (χ1v) is 5.93. The molecule has 3 unspecified atom stereocenters. The van der Waals surface area contributed by atoms with E-state index in [4.69, 9.17) is 27.2 Å². The Hall–Kier alpha value is -1.32. The first-order valence-electron chi connectivity index (χ1n) is 5.56. The monoisotopic (exact) mass is 313 g/mol. The van der Waals surface area contributed by atoms with E-state index in [9.17, 15) is 18.0 Å². The van der Waals surface area contributed by atoms with Crippen molar-refractivity contribution in [2.24, 2.45) is 0 Å². The van der Waals surface area contributed by atoms with Gasteiger partial charge in [0.05, 0.1) is 11.6 Å². The molecule has 112 valence electrons. The Balaban J connectivity index is 2.40. The van der Waals surface area contributed by atoms with Crippen molar-refractivity contribution in [1.82, 2.24) is 9.55 Å². The fourth-order valence-corrected chi connectivity index (χ4v) is 2.12. The van der Waals surface area contributed by atoms with Gasteiger partial charge in [-0.25, -0.2) is 18.0 Å². The Morgan fingerprint density at radius 1 is 1.70 bits per heavy atom. The summed E-state index contributed by atoms with van der Waals surface area (Å²) >= 11 is 5.66. The number of aliphatic hydroxyl groups excluding tert-OH is 1. The largest absolute Gasteiger partial charge is 0.393 e. The summed E-state index contributed by atoms with van der Waals surface area (Å²) < 4.78 is 45.2. The number of aliphatic hydroxyl groups is 1. The number of hydrogen-bond acceptors (Lipinski definition) is 5. The molecule has 1 saturated heterocycles. The lowest BCUT2D eigenvalue weighted by Crippen LogP contribution is -2.41. The number of hydrogen-bond donors (Lipinski definition) is 2. The molecule has 3 N–H and O–H groups in total. The lowest BCUT2D eigenvalue weighted by atomic mass is 10.0. The van der Waals surface area contributed by atoms with Crippen molar-refractivity contribution in [2.75, 3.05) is 12.3 Å². The van der Waals surface area contributed by atoms with E-state index in [1.165, 1.54) is 0 Å². The van der Waals surface area contributed by atoms with Crippen molar-refractivity contribution in [3.05, 3.63) is 21.7 Å². The Morgan fingerprint density at radius 3 is 2.85 bits per heavy atom. The number of halogens is 4. The van der Waals surface area contributed by atoms with Crippen LogP contribution in [0, 0.1) is 0 Å². The molecule has 1 aliphatic heterocycles. The standard InChI is InChI=1S/C10H11ClF3N3O3/c11-4-2-17(9(19)16-6(4)15)7-5(12)1-10(3-18,20-7)8(13)14/h2,5,7-8,18H,1,3H2,(H2,15,16,19). The average Bonchev–Trinajstić information content (AvgIpc) is 2.72. The molecule has 10 heteroatoms. The highest BCUT2D eigenvalue weighted by atomic mass is 35.5. The summed E-state index contributed by atoms with van der Waals surface area (Å²) in [4.78, 5) is 14.9. The average molecular weight is 314 g/mol. The van der Waals surface area contributed by atoms with Gasteiger partial charge in [0, 0.05) is 12.6 Å². The van der Waals surface area contributed by atoms with Gasteiger partial charge in [0.2, 0.25) is 0 Å². The van der Waals surface area contributed by atoms with Crippen molar-refractivity contribution in [2.45, 2.75) is 30.8 Å². The number of nitrogen functional groups attached to an aromatic ring is 1. The molecule has 3 atom stereocenters. The summed E-state index contributed by atoms with van der Waals surface area (Å²) in [5.41, 5.74) is 1.97. The predicted molar refractivity (Wildman–Crippen MR) is 63.4 cm³/mol. The summed E-state index contributed by atoms with van der Waals surface area (Å²) in [6, 6.07) is 0. The van der Waals surface area contributed by atoms with Crippen LogP contribution < -0.4 is 11.4 Å². The zero-order valence-corrected chi connectivity index (χ0v) is 10.7. The van der Waals surface area contributed by atoms with Gasteiger partial charge in [-0.05, 0) is 0 Å². The van der Waals surface area contributed by atoms with E-state index in [2.05, 4.69) is 4.98 Å². The highest BCUT2D eigenvalue weighted by Gasteiger charge is 2.53. The molecule has 1 aromatic rings. The van der Waals surface area contributed by atoms with Crippen LogP contribution in [0.15, 0.2) is 11.0 Å². The number of anilines is 1. The molecular formula is C10H11ClF3N3O3. The van der Waals surface area contributed by atoms with E-state index in [1.54, 1.807) is 0 Å². The maximum atomic E-state index is 13.9. The van der Waals surface area contributed by atoms with E-state index < -0.39 is 43.1 Å². The minimum atomic E-state index is -3.11. The topological polar surface area (TPSA) is 90.4 Å².